The van der Waals surface area contributed by atoms with Crippen molar-refractivity contribution in [2.75, 3.05) is 46.9 Å². The van der Waals surface area contributed by atoms with Gasteiger partial charge in [-0.25, -0.2) is 0 Å². The Morgan fingerprint density at radius 1 is 1.10 bits per heavy atom. The van der Waals surface area contributed by atoms with E-state index in [1.54, 1.807) is 14.2 Å². The first-order valence-electron chi connectivity index (χ1n) is 10.7. The van der Waals surface area contributed by atoms with E-state index in [9.17, 15) is 0 Å². The molecule has 7 heteroatoms. The molecular weight excluding hydrogens is 479 g/mol. The van der Waals surface area contributed by atoms with Crippen LogP contribution in [0.1, 0.15) is 38.2 Å². The molecule has 0 amide bonds. The number of guanidine groups is 1. The van der Waals surface area contributed by atoms with Crippen LogP contribution >= 0.6 is 24.0 Å². The van der Waals surface area contributed by atoms with Gasteiger partial charge in [-0.3, -0.25) is 9.89 Å². The minimum absolute atomic E-state index is 0. The predicted molar refractivity (Wildman–Crippen MR) is 130 cm³/mol. The first-order chi connectivity index (χ1) is 13.7. The van der Waals surface area contributed by atoms with Gasteiger partial charge in [0, 0.05) is 32.2 Å². The van der Waals surface area contributed by atoms with E-state index in [-0.39, 0.29) is 24.0 Å². The lowest BCUT2D eigenvalue weighted by molar-refractivity contribution is 0.260. The average molecular weight is 516 g/mol. The maximum atomic E-state index is 5.39. The van der Waals surface area contributed by atoms with Gasteiger partial charge in [-0.15, -0.1) is 24.0 Å². The summed E-state index contributed by atoms with van der Waals surface area (Å²) in [4.78, 5) is 7.45. The number of nitrogens with zero attached hydrogens (tertiary/aromatic N) is 2. The third-order valence-electron chi connectivity index (χ3n) is 5.41. The number of benzene rings is 1. The van der Waals surface area contributed by atoms with Crippen LogP contribution in [0.15, 0.2) is 23.2 Å². The molecule has 0 heterocycles. The van der Waals surface area contributed by atoms with Gasteiger partial charge in [-0.05, 0) is 62.6 Å². The van der Waals surface area contributed by atoms with Gasteiger partial charge >= 0.3 is 0 Å². The molecule has 0 bridgehead atoms. The van der Waals surface area contributed by atoms with E-state index in [4.69, 9.17) is 14.5 Å². The average Bonchev–Trinajstić information content (AvgIpc) is 3.61. The highest BCUT2D eigenvalue weighted by atomic mass is 127. The zero-order chi connectivity index (χ0) is 19.8. The second-order valence-electron chi connectivity index (χ2n) is 7.80. The minimum Gasteiger partial charge on any atom is -0.493 e. The lowest BCUT2D eigenvalue weighted by atomic mass is 10.1. The smallest absolute Gasteiger partial charge is 0.191 e. The molecule has 0 spiro atoms. The molecule has 2 saturated carbocycles. The summed E-state index contributed by atoms with van der Waals surface area (Å²) in [6, 6.07) is 6.91. The van der Waals surface area contributed by atoms with Crippen LogP contribution in [0.25, 0.3) is 0 Å². The molecule has 6 nitrogen and oxygen atoms in total. The van der Waals surface area contributed by atoms with Gasteiger partial charge in [0.15, 0.2) is 17.5 Å². The third kappa shape index (κ3) is 8.20. The minimum atomic E-state index is 0. The molecule has 0 radical (unpaired) electrons. The highest BCUT2D eigenvalue weighted by Gasteiger charge is 2.33. The number of ether oxygens (including phenoxy) is 2. The Balaban J connectivity index is 0.00000300. The number of rotatable bonds is 12. The predicted octanol–water partition coefficient (Wildman–Crippen LogP) is 3.29. The van der Waals surface area contributed by atoms with E-state index < -0.39 is 0 Å². The van der Waals surface area contributed by atoms with Crippen LogP contribution < -0.4 is 20.1 Å². The fraction of sp³-hybridized carbons (Fsp3) is 0.682. The summed E-state index contributed by atoms with van der Waals surface area (Å²) in [5.74, 6) is 3.40. The molecule has 0 unspecified atom stereocenters. The van der Waals surface area contributed by atoms with Crippen LogP contribution in [-0.4, -0.2) is 63.8 Å². The van der Waals surface area contributed by atoms with Crippen molar-refractivity contribution >= 4 is 29.9 Å². The molecule has 0 atom stereocenters. The fourth-order valence-corrected chi connectivity index (χ4v) is 3.49. The summed E-state index contributed by atoms with van der Waals surface area (Å²) < 4.78 is 10.7. The number of halogens is 1. The Labute approximate surface area is 192 Å². The standard InChI is InChI=1S/C22H36N4O2.HI/c1-4-23-22(25-13-14-26(19-8-9-19)16-18-5-6-18)24-12-11-17-7-10-20(27-2)21(15-17)28-3;/h7,10,15,18-19H,4-6,8-9,11-14,16H2,1-3H3,(H2,23,24,25);1H. The summed E-state index contributed by atoms with van der Waals surface area (Å²) in [6.45, 7) is 7.02. The second kappa shape index (κ2) is 12.5. The Hall–Kier alpha value is -1.22. The van der Waals surface area contributed by atoms with Crippen molar-refractivity contribution in [3.63, 3.8) is 0 Å². The molecule has 2 aliphatic carbocycles. The number of nitrogens with one attached hydrogen (secondary N) is 2. The summed E-state index contributed by atoms with van der Waals surface area (Å²) >= 11 is 0. The Kier molecular flexibility index (Phi) is 10.3. The van der Waals surface area contributed by atoms with Gasteiger partial charge in [0.2, 0.25) is 0 Å². The molecule has 0 saturated heterocycles. The van der Waals surface area contributed by atoms with Gasteiger partial charge in [-0.2, -0.15) is 0 Å². The van der Waals surface area contributed by atoms with Crippen molar-refractivity contribution in [1.82, 2.24) is 15.5 Å². The van der Waals surface area contributed by atoms with Gasteiger partial charge in [0.1, 0.15) is 0 Å². The van der Waals surface area contributed by atoms with Crippen molar-refractivity contribution in [2.24, 2.45) is 10.9 Å². The van der Waals surface area contributed by atoms with Crippen molar-refractivity contribution in [3.05, 3.63) is 23.8 Å². The molecule has 3 rings (SSSR count). The van der Waals surface area contributed by atoms with Gasteiger partial charge < -0.3 is 20.1 Å². The first kappa shape index (κ1) is 24.1. The van der Waals surface area contributed by atoms with Crippen LogP contribution in [0.4, 0.5) is 0 Å². The quantitative estimate of drug-likeness (QED) is 0.254. The lowest BCUT2D eigenvalue weighted by Gasteiger charge is -2.21. The number of hydrogen-bond acceptors (Lipinski definition) is 4. The molecule has 2 aliphatic rings. The maximum Gasteiger partial charge on any atom is 0.191 e. The number of hydrogen-bond donors (Lipinski definition) is 2. The van der Waals surface area contributed by atoms with Crippen LogP contribution in [0, 0.1) is 5.92 Å². The van der Waals surface area contributed by atoms with E-state index >= 15 is 0 Å². The zero-order valence-electron chi connectivity index (χ0n) is 18.1. The van der Waals surface area contributed by atoms with E-state index in [0.717, 1.165) is 62.0 Å². The van der Waals surface area contributed by atoms with Crippen molar-refractivity contribution in [3.8, 4) is 11.5 Å². The SMILES string of the molecule is CCNC(=NCCN(CC1CC1)C1CC1)NCCc1ccc(OC)c(OC)c1.I. The molecular formula is C22H37IN4O2. The van der Waals surface area contributed by atoms with E-state index in [1.807, 2.05) is 12.1 Å². The van der Waals surface area contributed by atoms with E-state index in [2.05, 4.69) is 28.5 Å². The Morgan fingerprint density at radius 2 is 1.86 bits per heavy atom. The first-order valence-corrected chi connectivity index (χ1v) is 10.7. The summed E-state index contributed by atoms with van der Waals surface area (Å²) in [6.07, 6.45) is 6.50. The van der Waals surface area contributed by atoms with Crippen molar-refractivity contribution < 1.29 is 9.47 Å². The molecule has 1 aromatic rings. The van der Waals surface area contributed by atoms with Crippen LogP contribution in [0.2, 0.25) is 0 Å². The molecule has 164 valence electrons. The van der Waals surface area contributed by atoms with Crippen molar-refractivity contribution in [2.45, 2.75) is 45.1 Å². The Bertz CT molecular complexity index is 648. The normalized spacial score (nSPS) is 16.3. The van der Waals surface area contributed by atoms with E-state index in [0.29, 0.717) is 0 Å². The maximum absolute atomic E-state index is 5.39. The molecule has 0 aliphatic heterocycles. The van der Waals surface area contributed by atoms with Crippen LogP contribution in [-0.2, 0) is 6.42 Å². The second-order valence-corrected chi connectivity index (χ2v) is 7.80. The highest BCUT2D eigenvalue weighted by molar-refractivity contribution is 14.0. The summed E-state index contributed by atoms with van der Waals surface area (Å²) in [7, 11) is 3.33. The monoisotopic (exact) mass is 516 g/mol. The highest BCUT2D eigenvalue weighted by Crippen LogP contribution is 2.34. The molecule has 2 N–H and O–H groups in total. The summed E-state index contributed by atoms with van der Waals surface area (Å²) in [5, 5.41) is 6.81. The van der Waals surface area contributed by atoms with Crippen LogP contribution in [0.3, 0.4) is 0 Å². The molecule has 29 heavy (non-hydrogen) atoms. The van der Waals surface area contributed by atoms with Crippen LogP contribution in [0.5, 0.6) is 11.5 Å². The van der Waals surface area contributed by atoms with Gasteiger partial charge in [-0.1, -0.05) is 6.07 Å². The fourth-order valence-electron chi connectivity index (χ4n) is 3.49. The van der Waals surface area contributed by atoms with Crippen molar-refractivity contribution in [1.29, 1.82) is 0 Å². The molecule has 1 aromatic carbocycles. The molecule has 2 fully saturated rings. The molecule has 0 aromatic heterocycles. The largest absolute Gasteiger partial charge is 0.493 e. The number of methoxy groups -OCH3 is 2. The summed E-state index contributed by atoms with van der Waals surface area (Å²) in [5.41, 5.74) is 1.21. The Morgan fingerprint density at radius 3 is 2.48 bits per heavy atom. The topological polar surface area (TPSA) is 58.1 Å². The lowest BCUT2D eigenvalue weighted by Crippen LogP contribution is -2.39. The zero-order valence-corrected chi connectivity index (χ0v) is 20.4. The van der Waals surface area contributed by atoms with E-state index in [1.165, 1.54) is 37.8 Å². The van der Waals surface area contributed by atoms with Gasteiger partial charge in [0.25, 0.3) is 0 Å². The van der Waals surface area contributed by atoms with Gasteiger partial charge in [0.05, 0.1) is 20.8 Å². The third-order valence-corrected chi connectivity index (χ3v) is 5.41. The number of aliphatic imine (C=N–C) groups is 1.